The molecule has 1 aliphatic rings. The molecule has 28 heavy (non-hydrogen) atoms. The smallest absolute Gasteiger partial charge is 0.253 e. The van der Waals surface area contributed by atoms with Crippen molar-refractivity contribution in [3.8, 4) is 0 Å². The van der Waals surface area contributed by atoms with Crippen LogP contribution in [0.25, 0.3) is 5.52 Å². The number of nitrogens with one attached hydrogen (secondary N) is 2. The normalized spacial score (nSPS) is 19.5. The molecule has 0 aliphatic heterocycles. The number of aliphatic hydroxyl groups excluding tert-OH is 1. The van der Waals surface area contributed by atoms with Crippen molar-refractivity contribution in [1.29, 1.82) is 0 Å². The Balaban J connectivity index is 1.46. The molecule has 1 fully saturated rings. The molecule has 146 valence electrons. The number of amides is 1. The Labute approximate surface area is 163 Å². The Morgan fingerprint density at radius 3 is 3.00 bits per heavy atom. The first kappa shape index (κ1) is 18.4. The van der Waals surface area contributed by atoms with Gasteiger partial charge in [0.2, 0.25) is 0 Å². The molecular weight excluding hydrogens is 354 g/mol. The van der Waals surface area contributed by atoms with Crippen LogP contribution >= 0.6 is 0 Å². The topological polar surface area (TPSA) is 91.5 Å². The number of nitrogens with zero attached hydrogens (tertiary/aromatic N) is 3. The predicted octanol–water partition coefficient (Wildman–Crippen LogP) is 2.68. The molecule has 0 aromatic carbocycles. The molecule has 0 spiro atoms. The van der Waals surface area contributed by atoms with Crippen LogP contribution in [0.5, 0.6) is 0 Å². The number of hydrogen-bond donors (Lipinski definition) is 3. The summed E-state index contributed by atoms with van der Waals surface area (Å²) >= 11 is 0. The number of anilines is 1. The van der Waals surface area contributed by atoms with E-state index in [0.29, 0.717) is 12.1 Å². The van der Waals surface area contributed by atoms with Gasteiger partial charge in [-0.25, -0.2) is 4.52 Å². The van der Waals surface area contributed by atoms with Crippen LogP contribution in [-0.2, 0) is 6.54 Å². The van der Waals surface area contributed by atoms with Gasteiger partial charge in [0.15, 0.2) is 0 Å². The van der Waals surface area contributed by atoms with Gasteiger partial charge in [-0.15, -0.1) is 0 Å². The minimum Gasteiger partial charge on any atom is -0.391 e. The van der Waals surface area contributed by atoms with E-state index < -0.39 is 6.10 Å². The number of carbonyl (C=O) groups is 1. The molecule has 0 radical (unpaired) electrons. The van der Waals surface area contributed by atoms with Gasteiger partial charge in [0.1, 0.15) is 0 Å². The number of fused-ring (bicyclic) bond motifs is 1. The molecule has 7 heteroatoms. The summed E-state index contributed by atoms with van der Waals surface area (Å²) in [7, 11) is 0. The third kappa shape index (κ3) is 3.84. The maximum atomic E-state index is 12.6. The van der Waals surface area contributed by atoms with Gasteiger partial charge < -0.3 is 15.7 Å². The maximum absolute atomic E-state index is 12.6. The first-order valence-electron chi connectivity index (χ1n) is 9.72. The van der Waals surface area contributed by atoms with Crippen molar-refractivity contribution in [2.45, 2.75) is 51.3 Å². The van der Waals surface area contributed by atoms with Crippen molar-refractivity contribution in [3.63, 3.8) is 0 Å². The lowest BCUT2D eigenvalue weighted by Crippen LogP contribution is -2.45. The average molecular weight is 379 g/mol. The van der Waals surface area contributed by atoms with Crippen LogP contribution in [-0.4, -0.2) is 37.8 Å². The lowest BCUT2D eigenvalue weighted by atomic mass is 9.92. The summed E-state index contributed by atoms with van der Waals surface area (Å²) in [5.41, 5.74) is 4.24. The zero-order valence-corrected chi connectivity index (χ0v) is 15.9. The van der Waals surface area contributed by atoms with E-state index in [1.54, 1.807) is 6.20 Å². The summed E-state index contributed by atoms with van der Waals surface area (Å²) < 4.78 is 1.83. The van der Waals surface area contributed by atoms with Crippen molar-refractivity contribution in [1.82, 2.24) is 19.9 Å². The van der Waals surface area contributed by atoms with Crippen molar-refractivity contribution < 1.29 is 9.90 Å². The molecule has 7 nitrogen and oxygen atoms in total. The van der Waals surface area contributed by atoms with Crippen LogP contribution in [0, 0.1) is 6.92 Å². The summed E-state index contributed by atoms with van der Waals surface area (Å²) in [6, 6.07) is 7.58. The molecule has 1 saturated carbocycles. The third-order valence-corrected chi connectivity index (χ3v) is 5.37. The summed E-state index contributed by atoms with van der Waals surface area (Å²) in [6.07, 6.45) is 8.46. The minimum absolute atomic E-state index is 0.183. The van der Waals surface area contributed by atoms with Gasteiger partial charge in [0.05, 0.1) is 40.8 Å². The molecule has 1 aliphatic carbocycles. The van der Waals surface area contributed by atoms with Gasteiger partial charge in [-0.3, -0.25) is 9.78 Å². The number of aryl methyl sites for hydroxylation is 1. The number of pyridine rings is 2. The van der Waals surface area contributed by atoms with E-state index in [-0.39, 0.29) is 11.9 Å². The van der Waals surface area contributed by atoms with Crippen LogP contribution in [0.2, 0.25) is 0 Å². The minimum atomic E-state index is -0.468. The van der Waals surface area contributed by atoms with E-state index in [4.69, 9.17) is 0 Å². The SMILES string of the molecule is Cc1ncc(C(=O)N[C@H]2CCCC[C@@H]2O)cc1NCc1cnn2ccccc12. The molecule has 4 rings (SSSR count). The summed E-state index contributed by atoms with van der Waals surface area (Å²) in [6.45, 7) is 2.49. The van der Waals surface area contributed by atoms with Crippen LogP contribution in [0.1, 0.15) is 47.3 Å². The molecule has 3 aromatic rings. The van der Waals surface area contributed by atoms with Crippen LogP contribution in [0.3, 0.4) is 0 Å². The summed E-state index contributed by atoms with van der Waals surface area (Å²) in [4.78, 5) is 17.0. The lowest BCUT2D eigenvalue weighted by Gasteiger charge is -2.28. The highest BCUT2D eigenvalue weighted by atomic mass is 16.3. The Morgan fingerprint density at radius 2 is 2.14 bits per heavy atom. The molecule has 3 aromatic heterocycles. The molecular formula is C21H25N5O2. The second-order valence-electron chi connectivity index (χ2n) is 7.34. The number of aliphatic hydroxyl groups is 1. The third-order valence-electron chi connectivity index (χ3n) is 5.37. The maximum Gasteiger partial charge on any atom is 0.253 e. The van der Waals surface area contributed by atoms with E-state index in [1.165, 1.54) is 0 Å². The molecule has 2 atom stereocenters. The van der Waals surface area contributed by atoms with E-state index in [1.807, 2.05) is 48.1 Å². The Hall–Kier alpha value is -2.93. The van der Waals surface area contributed by atoms with Gasteiger partial charge in [0.25, 0.3) is 5.91 Å². The second kappa shape index (κ2) is 7.98. The molecule has 3 heterocycles. The van der Waals surface area contributed by atoms with Gasteiger partial charge in [0, 0.05) is 24.5 Å². The van der Waals surface area contributed by atoms with E-state index in [2.05, 4.69) is 20.7 Å². The van der Waals surface area contributed by atoms with Crippen LogP contribution in [0.4, 0.5) is 5.69 Å². The van der Waals surface area contributed by atoms with Crippen molar-refractivity contribution in [2.24, 2.45) is 0 Å². The first-order chi connectivity index (χ1) is 13.6. The fourth-order valence-electron chi connectivity index (χ4n) is 3.68. The molecule has 0 unspecified atom stereocenters. The highest BCUT2D eigenvalue weighted by Crippen LogP contribution is 2.20. The van der Waals surface area contributed by atoms with Gasteiger partial charge in [-0.2, -0.15) is 5.10 Å². The first-order valence-corrected chi connectivity index (χ1v) is 9.72. The standard InChI is InChI=1S/C21H25N5O2/c1-14-18(23-12-16-13-24-26-9-5-4-7-19(16)26)10-15(11-22-14)21(28)25-17-6-2-3-8-20(17)27/h4-5,7,9-11,13,17,20,23,27H,2-3,6,8,12H2,1H3,(H,25,28)/t17-,20-/m0/s1. The Morgan fingerprint density at radius 1 is 1.29 bits per heavy atom. The Kier molecular flexibility index (Phi) is 5.25. The average Bonchev–Trinajstić information content (AvgIpc) is 3.12. The van der Waals surface area contributed by atoms with Crippen molar-refractivity contribution in [2.75, 3.05) is 5.32 Å². The highest BCUT2D eigenvalue weighted by molar-refractivity contribution is 5.95. The van der Waals surface area contributed by atoms with Crippen molar-refractivity contribution >= 4 is 17.1 Å². The van der Waals surface area contributed by atoms with E-state index in [0.717, 1.165) is 48.1 Å². The predicted molar refractivity (Wildman–Crippen MR) is 107 cm³/mol. The van der Waals surface area contributed by atoms with Gasteiger partial charge >= 0.3 is 0 Å². The zero-order chi connectivity index (χ0) is 19.5. The van der Waals surface area contributed by atoms with Crippen molar-refractivity contribution in [3.05, 3.63) is 59.7 Å². The quantitative estimate of drug-likeness (QED) is 0.634. The van der Waals surface area contributed by atoms with Crippen LogP contribution < -0.4 is 10.6 Å². The fraction of sp³-hybridized carbons (Fsp3) is 0.381. The number of carbonyl (C=O) groups excluding carboxylic acids is 1. The fourth-order valence-corrected chi connectivity index (χ4v) is 3.68. The number of hydrogen-bond acceptors (Lipinski definition) is 5. The second-order valence-corrected chi connectivity index (χ2v) is 7.34. The van der Waals surface area contributed by atoms with Crippen LogP contribution in [0.15, 0.2) is 42.9 Å². The largest absolute Gasteiger partial charge is 0.391 e. The summed E-state index contributed by atoms with van der Waals surface area (Å²) in [5.74, 6) is -0.197. The molecule has 1 amide bonds. The molecule has 0 saturated heterocycles. The van der Waals surface area contributed by atoms with E-state index in [9.17, 15) is 9.90 Å². The summed E-state index contributed by atoms with van der Waals surface area (Å²) in [5, 5.41) is 20.8. The molecule has 3 N–H and O–H groups in total. The number of aromatic nitrogens is 3. The molecule has 0 bridgehead atoms. The number of rotatable bonds is 5. The van der Waals surface area contributed by atoms with E-state index >= 15 is 0 Å². The van der Waals surface area contributed by atoms with Gasteiger partial charge in [-0.05, 0) is 38.0 Å². The monoisotopic (exact) mass is 379 g/mol. The van der Waals surface area contributed by atoms with Gasteiger partial charge in [-0.1, -0.05) is 18.9 Å². The lowest BCUT2D eigenvalue weighted by molar-refractivity contribution is 0.0717. The Bertz CT molecular complexity index is 984. The zero-order valence-electron chi connectivity index (χ0n) is 15.9. The highest BCUT2D eigenvalue weighted by Gasteiger charge is 2.25.